The van der Waals surface area contributed by atoms with Crippen LogP contribution in [0.4, 0.5) is 0 Å². The second-order valence-corrected chi connectivity index (χ2v) is 3.54. The van der Waals surface area contributed by atoms with Crippen molar-refractivity contribution in [1.82, 2.24) is 0 Å². The molecular formula is C11H16O3. The average molecular weight is 196 g/mol. The minimum absolute atomic E-state index is 0.145. The Bertz CT molecular complexity index is 295. The second kappa shape index (κ2) is 4.74. The highest BCUT2D eigenvalue weighted by Gasteiger charge is 2.05. The van der Waals surface area contributed by atoms with Crippen LogP contribution in [0.5, 0.6) is 17.2 Å². The van der Waals surface area contributed by atoms with Crippen LogP contribution in [-0.2, 0) is 0 Å². The second-order valence-electron chi connectivity index (χ2n) is 3.54. The van der Waals surface area contributed by atoms with Gasteiger partial charge in [-0.05, 0) is 18.1 Å². The molecule has 0 aliphatic rings. The zero-order chi connectivity index (χ0) is 10.6. The lowest BCUT2D eigenvalue weighted by Gasteiger charge is -2.11. The van der Waals surface area contributed by atoms with Crippen LogP contribution in [0.25, 0.3) is 0 Å². The molecule has 1 aromatic carbocycles. The number of phenols is 1. The highest BCUT2D eigenvalue weighted by atomic mass is 16.5. The molecule has 0 saturated heterocycles. The standard InChI is InChI=1S/C11H16O3/c1-8(2)7-14-11-6-9(13-3)4-5-10(11)12/h4-6,8,12H,7H2,1-3H3. The Morgan fingerprint density at radius 3 is 2.64 bits per heavy atom. The first kappa shape index (κ1) is 10.7. The molecule has 0 aliphatic heterocycles. The van der Waals surface area contributed by atoms with E-state index in [2.05, 4.69) is 13.8 Å². The number of methoxy groups -OCH3 is 1. The summed E-state index contributed by atoms with van der Waals surface area (Å²) in [7, 11) is 1.58. The van der Waals surface area contributed by atoms with E-state index in [1.165, 1.54) is 0 Å². The number of phenolic OH excluding ortho intramolecular Hbond substituents is 1. The predicted molar refractivity (Wildman–Crippen MR) is 55.0 cm³/mol. The van der Waals surface area contributed by atoms with Crippen LogP contribution >= 0.6 is 0 Å². The molecule has 3 heteroatoms. The molecule has 0 atom stereocenters. The maximum Gasteiger partial charge on any atom is 0.164 e. The molecule has 0 bridgehead atoms. The van der Waals surface area contributed by atoms with Gasteiger partial charge in [0.05, 0.1) is 13.7 Å². The number of benzene rings is 1. The lowest BCUT2D eigenvalue weighted by atomic mass is 10.2. The quantitative estimate of drug-likeness (QED) is 0.803. The lowest BCUT2D eigenvalue weighted by molar-refractivity contribution is 0.258. The Kier molecular flexibility index (Phi) is 3.63. The lowest BCUT2D eigenvalue weighted by Crippen LogP contribution is -2.04. The highest BCUT2D eigenvalue weighted by Crippen LogP contribution is 2.30. The monoisotopic (exact) mass is 196 g/mol. The normalized spacial score (nSPS) is 10.3. The predicted octanol–water partition coefficient (Wildman–Crippen LogP) is 2.44. The van der Waals surface area contributed by atoms with E-state index in [1.807, 2.05) is 0 Å². The van der Waals surface area contributed by atoms with E-state index < -0.39 is 0 Å². The average Bonchev–Trinajstić information content (AvgIpc) is 2.16. The van der Waals surface area contributed by atoms with Crippen molar-refractivity contribution in [1.29, 1.82) is 0 Å². The van der Waals surface area contributed by atoms with E-state index in [1.54, 1.807) is 25.3 Å². The fourth-order valence-electron chi connectivity index (χ4n) is 0.993. The summed E-state index contributed by atoms with van der Waals surface area (Å²) in [6.45, 7) is 4.69. The molecule has 0 fully saturated rings. The number of ether oxygens (including phenoxy) is 2. The molecule has 0 amide bonds. The summed E-state index contributed by atoms with van der Waals surface area (Å²) in [6, 6.07) is 4.93. The maximum atomic E-state index is 9.46. The van der Waals surface area contributed by atoms with Crippen molar-refractivity contribution in [3.63, 3.8) is 0 Å². The Morgan fingerprint density at radius 1 is 1.36 bits per heavy atom. The van der Waals surface area contributed by atoms with Crippen molar-refractivity contribution in [2.24, 2.45) is 5.92 Å². The summed E-state index contributed by atoms with van der Waals surface area (Å²) in [4.78, 5) is 0. The minimum Gasteiger partial charge on any atom is -0.504 e. The van der Waals surface area contributed by atoms with Gasteiger partial charge in [-0.15, -0.1) is 0 Å². The molecule has 0 radical (unpaired) electrons. The summed E-state index contributed by atoms with van der Waals surface area (Å²) in [5.41, 5.74) is 0. The molecule has 1 aromatic rings. The summed E-state index contributed by atoms with van der Waals surface area (Å²) >= 11 is 0. The molecule has 0 heterocycles. The molecule has 14 heavy (non-hydrogen) atoms. The zero-order valence-corrected chi connectivity index (χ0v) is 8.78. The molecule has 0 spiro atoms. The zero-order valence-electron chi connectivity index (χ0n) is 8.78. The molecule has 1 rings (SSSR count). The third-order valence-corrected chi connectivity index (χ3v) is 1.74. The van der Waals surface area contributed by atoms with Gasteiger partial charge in [0.2, 0.25) is 0 Å². The van der Waals surface area contributed by atoms with Crippen LogP contribution in [0, 0.1) is 5.92 Å². The fraction of sp³-hybridized carbons (Fsp3) is 0.455. The van der Waals surface area contributed by atoms with Gasteiger partial charge in [-0.2, -0.15) is 0 Å². The molecule has 0 saturated carbocycles. The first-order valence-corrected chi connectivity index (χ1v) is 4.63. The van der Waals surface area contributed by atoms with Crippen LogP contribution < -0.4 is 9.47 Å². The largest absolute Gasteiger partial charge is 0.504 e. The van der Waals surface area contributed by atoms with Crippen molar-refractivity contribution in [3.05, 3.63) is 18.2 Å². The number of hydrogen-bond donors (Lipinski definition) is 1. The summed E-state index contributed by atoms with van der Waals surface area (Å²) in [6.07, 6.45) is 0. The van der Waals surface area contributed by atoms with Crippen LogP contribution in [0.2, 0.25) is 0 Å². The van der Waals surface area contributed by atoms with Crippen molar-refractivity contribution in [3.8, 4) is 17.2 Å². The topological polar surface area (TPSA) is 38.7 Å². The van der Waals surface area contributed by atoms with E-state index in [9.17, 15) is 5.11 Å². The van der Waals surface area contributed by atoms with E-state index >= 15 is 0 Å². The first-order chi connectivity index (χ1) is 6.63. The first-order valence-electron chi connectivity index (χ1n) is 4.63. The van der Waals surface area contributed by atoms with Gasteiger partial charge in [-0.3, -0.25) is 0 Å². The van der Waals surface area contributed by atoms with Gasteiger partial charge >= 0.3 is 0 Å². The number of rotatable bonds is 4. The van der Waals surface area contributed by atoms with E-state index in [-0.39, 0.29) is 5.75 Å². The van der Waals surface area contributed by atoms with Gasteiger partial charge in [0, 0.05) is 6.07 Å². The van der Waals surface area contributed by atoms with Crippen molar-refractivity contribution < 1.29 is 14.6 Å². The highest BCUT2D eigenvalue weighted by molar-refractivity contribution is 5.44. The fourth-order valence-corrected chi connectivity index (χ4v) is 0.993. The van der Waals surface area contributed by atoms with Crippen LogP contribution in [0.1, 0.15) is 13.8 Å². The summed E-state index contributed by atoms with van der Waals surface area (Å²) in [5.74, 6) is 1.73. The SMILES string of the molecule is COc1ccc(O)c(OCC(C)C)c1. The Morgan fingerprint density at radius 2 is 2.07 bits per heavy atom. The Hall–Kier alpha value is -1.38. The molecule has 0 aliphatic carbocycles. The van der Waals surface area contributed by atoms with Gasteiger partial charge in [0.25, 0.3) is 0 Å². The molecule has 0 aromatic heterocycles. The molecule has 3 nitrogen and oxygen atoms in total. The number of hydrogen-bond acceptors (Lipinski definition) is 3. The third-order valence-electron chi connectivity index (χ3n) is 1.74. The van der Waals surface area contributed by atoms with E-state index in [0.29, 0.717) is 24.0 Å². The van der Waals surface area contributed by atoms with Gasteiger partial charge in [-0.1, -0.05) is 13.8 Å². The molecule has 78 valence electrons. The van der Waals surface area contributed by atoms with E-state index in [0.717, 1.165) is 0 Å². The van der Waals surface area contributed by atoms with Gasteiger partial charge < -0.3 is 14.6 Å². The van der Waals surface area contributed by atoms with Crippen molar-refractivity contribution >= 4 is 0 Å². The van der Waals surface area contributed by atoms with Crippen molar-refractivity contribution in [2.45, 2.75) is 13.8 Å². The van der Waals surface area contributed by atoms with Gasteiger partial charge in [-0.25, -0.2) is 0 Å². The number of aromatic hydroxyl groups is 1. The van der Waals surface area contributed by atoms with Crippen molar-refractivity contribution in [2.75, 3.05) is 13.7 Å². The Labute approximate surface area is 84.3 Å². The van der Waals surface area contributed by atoms with Gasteiger partial charge in [0.1, 0.15) is 5.75 Å². The van der Waals surface area contributed by atoms with Crippen LogP contribution in [-0.4, -0.2) is 18.8 Å². The maximum absolute atomic E-state index is 9.46. The summed E-state index contributed by atoms with van der Waals surface area (Å²) in [5, 5.41) is 9.46. The molecular weight excluding hydrogens is 180 g/mol. The van der Waals surface area contributed by atoms with Gasteiger partial charge in [0.15, 0.2) is 11.5 Å². The Balaban J connectivity index is 2.73. The van der Waals surface area contributed by atoms with E-state index in [4.69, 9.17) is 9.47 Å². The molecule has 0 unspecified atom stereocenters. The minimum atomic E-state index is 0.145. The summed E-state index contributed by atoms with van der Waals surface area (Å²) < 4.78 is 10.4. The third kappa shape index (κ3) is 2.83. The molecule has 1 N–H and O–H groups in total. The van der Waals surface area contributed by atoms with Crippen LogP contribution in [0.3, 0.4) is 0 Å². The van der Waals surface area contributed by atoms with Crippen LogP contribution in [0.15, 0.2) is 18.2 Å². The smallest absolute Gasteiger partial charge is 0.164 e.